The van der Waals surface area contributed by atoms with Gasteiger partial charge in [-0.1, -0.05) is 29.3 Å². The zero-order valence-electron chi connectivity index (χ0n) is 16.3. The molecule has 28 heavy (non-hydrogen) atoms. The van der Waals surface area contributed by atoms with Gasteiger partial charge in [-0.15, -0.1) is 0 Å². The maximum atomic E-state index is 12.7. The van der Waals surface area contributed by atoms with Crippen LogP contribution in [0.15, 0.2) is 42.5 Å². The molecule has 1 unspecified atom stereocenters. The third kappa shape index (κ3) is 5.31. The fraction of sp³-hybridized carbons (Fsp3) is 0.381. The molecule has 0 aromatic heterocycles. The summed E-state index contributed by atoms with van der Waals surface area (Å²) in [4.78, 5) is 18.0. The zero-order chi connectivity index (χ0) is 20.1. The number of piperazine rings is 1. The number of carbonyl (C=O) groups excluding carboxylic acids is 1. The lowest BCUT2D eigenvalue weighted by Gasteiger charge is -2.36. The molecule has 1 saturated heterocycles. The van der Waals surface area contributed by atoms with Gasteiger partial charge in [0, 0.05) is 42.5 Å². The average Bonchev–Trinajstić information content (AvgIpc) is 2.70. The molecule has 1 heterocycles. The summed E-state index contributed by atoms with van der Waals surface area (Å²) in [5.41, 5.74) is 2.16. The SMILES string of the molecule is COc1ccc(N2CCN(C(=O)C[NH+](C)Cc3ccc(Cl)cc3Cl)CC2)cc1. The quantitative estimate of drug-likeness (QED) is 0.776. The van der Waals surface area contributed by atoms with Gasteiger partial charge >= 0.3 is 0 Å². The molecule has 1 fully saturated rings. The van der Waals surface area contributed by atoms with Gasteiger partial charge in [0.25, 0.3) is 5.91 Å². The second kappa shape index (κ2) is 9.50. The van der Waals surface area contributed by atoms with Gasteiger partial charge in [0.15, 0.2) is 6.54 Å². The smallest absolute Gasteiger partial charge is 0.277 e. The van der Waals surface area contributed by atoms with Crippen LogP contribution in [0.1, 0.15) is 5.56 Å². The van der Waals surface area contributed by atoms with Crippen molar-refractivity contribution < 1.29 is 14.4 Å². The van der Waals surface area contributed by atoms with E-state index in [-0.39, 0.29) is 5.91 Å². The minimum Gasteiger partial charge on any atom is -0.497 e. The molecule has 0 aliphatic carbocycles. The zero-order valence-corrected chi connectivity index (χ0v) is 17.8. The van der Waals surface area contributed by atoms with Crippen LogP contribution in [0.5, 0.6) is 5.75 Å². The van der Waals surface area contributed by atoms with Gasteiger partial charge < -0.3 is 19.4 Å². The standard InChI is InChI=1S/C21H25Cl2N3O2/c1-24(14-16-3-4-17(22)13-20(16)23)15-21(27)26-11-9-25(10-12-26)18-5-7-19(28-2)8-6-18/h3-8,13H,9-12,14-15H2,1-2H3/p+1. The number of rotatable bonds is 6. The largest absolute Gasteiger partial charge is 0.497 e. The van der Waals surface area contributed by atoms with Gasteiger partial charge in [0.05, 0.1) is 19.2 Å². The Balaban J connectivity index is 1.49. The number of carbonyl (C=O) groups is 1. The van der Waals surface area contributed by atoms with Crippen molar-refractivity contribution in [3.63, 3.8) is 0 Å². The lowest BCUT2D eigenvalue weighted by molar-refractivity contribution is -0.885. The van der Waals surface area contributed by atoms with Crippen molar-refractivity contribution in [1.82, 2.24) is 4.90 Å². The van der Waals surface area contributed by atoms with E-state index in [1.807, 2.05) is 36.2 Å². The Kier molecular flexibility index (Phi) is 7.05. The summed E-state index contributed by atoms with van der Waals surface area (Å²) in [7, 11) is 3.68. The summed E-state index contributed by atoms with van der Waals surface area (Å²) < 4.78 is 5.21. The molecule has 0 spiro atoms. The van der Waals surface area contributed by atoms with Crippen molar-refractivity contribution in [3.8, 4) is 5.75 Å². The number of nitrogens with zero attached hydrogens (tertiary/aromatic N) is 2. The fourth-order valence-corrected chi connectivity index (χ4v) is 3.91. The van der Waals surface area contributed by atoms with E-state index in [4.69, 9.17) is 27.9 Å². The maximum absolute atomic E-state index is 12.7. The van der Waals surface area contributed by atoms with Gasteiger partial charge in [-0.05, 0) is 36.4 Å². The molecule has 0 saturated carbocycles. The third-order valence-corrected chi connectivity index (χ3v) is 5.62. The number of benzene rings is 2. The molecule has 150 valence electrons. The highest BCUT2D eigenvalue weighted by Gasteiger charge is 2.24. The monoisotopic (exact) mass is 422 g/mol. The van der Waals surface area contributed by atoms with Crippen molar-refractivity contribution in [2.24, 2.45) is 0 Å². The molecular weight excluding hydrogens is 397 g/mol. The van der Waals surface area contributed by atoms with Crippen molar-refractivity contribution >= 4 is 34.8 Å². The molecule has 2 aromatic rings. The first-order valence-electron chi connectivity index (χ1n) is 9.38. The first kappa shape index (κ1) is 20.8. The molecule has 1 amide bonds. The van der Waals surface area contributed by atoms with Crippen LogP contribution in [0.3, 0.4) is 0 Å². The molecule has 2 aromatic carbocycles. The molecule has 1 aliphatic rings. The fourth-order valence-electron chi connectivity index (χ4n) is 3.43. The van der Waals surface area contributed by atoms with E-state index >= 15 is 0 Å². The third-order valence-electron chi connectivity index (χ3n) is 5.03. The molecule has 1 aliphatic heterocycles. The number of quaternary nitrogens is 1. The Morgan fingerprint density at radius 2 is 1.75 bits per heavy atom. The Bertz CT molecular complexity index is 806. The second-order valence-corrected chi connectivity index (χ2v) is 7.96. The predicted molar refractivity (Wildman–Crippen MR) is 114 cm³/mol. The number of anilines is 1. The first-order valence-corrected chi connectivity index (χ1v) is 10.1. The van der Waals surface area contributed by atoms with Gasteiger partial charge in [-0.3, -0.25) is 4.79 Å². The minimum atomic E-state index is 0.178. The molecule has 3 rings (SSSR count). The van der Waals surface area contributed by atoms with Crippen LogP contribution in [0, 0.1) is 0 Å². The van der Waals surface area contributed by atoms with Crippen LogP contribution in [0.2, 0.25) is 10.0 Å². The van der Waals surface area contributed by atoms with Crippen LogP contribution < -0.4 is 14.5 Å². The lowest BCUT2D eigenvalue weighted by Crippen LogP contribution is -3.09. The second-order valence-electron chi connectivity index (χ2n) is 7.11. The molecule has 0 bridgehead atoms. The van der Waals surface area contributed by atoms with E-state index in [9.17, 15) is 4.79 Å². The number of methoxy groups -OCH3 is 1. The topological polar surface area (TPSA) is 37.2 Å². The first-order chi connectivity index (χ1) is 13.5. The maximum Gasteiger partial charge on any atom is 0.277 e. The summed E-state index contributed by atoms with van der Waals surface area (Å²) in [5.74, 6) is 1.03. The van der Waals surface area contributed by atoms with Crippen molar-refractivity contribution in [3.05, 3.63) is 58.1 Å². The van der Waals surface area contributed by atoms with Crippen molar-refractivity contribution in [2.75, 3.05) is 51.8 Å². The predicted octanol–water partition coefficient (Wildman–Crippen LogP) is 2.37. The number of nitrogens with one attached hydrogen (secondary N) is 1. The highest BCUT2D eigenvalue weighted by Crippen LogP contribution is 2.21. The van der Waals surface area contributed by atoms with E-state index in [0.29, 0.717) is 23.1 Å². The van der Waals surface area contributed by atoms with Crippen LogP contribution in [0.25, 0.3) is 0 Å². The van der Waals surface area contributed by atoms with E-state index < -0.39 is 0 Å². The van der Waals surface area contributed by atoms with Crippen LogP contribution in [-0.4, -0.2) is 57.7 Å². The van der Waals surface area contributed by atoms with Crippen LogP contribution >= 0.6 is 23.2 Å². The Labute approximate surface area is 176 Å². The van der Waals surface area contributed by atoms with E-state index in [0.717, 1.165) is 48.1 Å². The Hall–Kier alpha value is -1.95. The Morgan fingerprint density at radius 1 is 1.07 bits per heavy atom. The van der Waals surface area contributed by atoms with E-state index in [1.165, 1.54) is 0 Å². The summed E-state index contributed by atoms with van der Waals surface area (Å²) in [6, 6.07) is 13.5. The van der Waals surface area contributed by atoms with Gasteiger partial charge in [-0.25, -0.2) is 0 Å². The molecule has 0 radical (unpaired) electrons. The van der Waals surface area contributed by atoms with Gasteiger partial charge in [0.2, 0.25) is 0 Å². The van der Waals surface area contributed by atoms with E-state index in [1.54, 1.807) is 13.2 Å². The minimum absolute atomic E-state index is 0.178. The van der Waals surface area contributed by atoms with E-state index in [2.05, 4.69) is 17.0 Å². The van der Waals surface area contributed by atoms with Crippen molar-refractivity contribution in [2.45, 2.75) is 6.54 Å². The van der Waals surface area contributed by atoms with Crippen LogP contribution in [-0.2, 0) is 11.3 Å². The normalized spacial score (nSPS) is 15.4. The highest BCUT2D eigenvalue weighted by molar-refractivity contribution is 6.35. The number of hydrogen-bond acceptors (Lipinski definition) is 3. The molecule has 7 heteroatoms. The summed E-state index contributed by atoms with van der Waals surface area (Å²) in [5, 5.41) is 1.27. The number of hydrogen-bond donors (Lipinski definition) is 1. The van der Waals surface area contributed by atoms with Gasteiger partial charge in [0.1, 0.15) is 12.3 Å². The number of halogens is 2. The van der Waals surface area contributed by atoms with Gasteiger partial charge in [-0.2, -0.15) is 0 Å². The molecule has 1 atom stereocenters. The Morgan fingerprint density at radius 3 is 2.36 bits per heavy atom. The van der Waals surface area contributed by atoms with Crippen molar-refractivity contribution in [1.29, 1.82) is 0 Å². The number of ether oxygens (including phenoxy) is 1. The highest BCUT2D eigenvalue weighted by atomic mass is 35.5. The van der Waals surface area contributed by atoms with Crippen LogP contribution in [0.4, 0.5) is 5.69 Å². The summed E-state index contributed by atoms with van der Waals surface area (Å²) >= 11 is 12.2. The summed E-state index contributed by atoms with van der Waals surface area (Å²) in [6.07, 6.45) is 0. The molecule has 1 N–H and O–H groups in total. The molecule has 5 nitrogen and oxygen atoms in total. The number of amides is 1. The number of likely N-dealkylation sites (N-methyl/N-ethyl adjacent to an activating group) is 1. The lowest BCUT2D eigenvalue weighted by atomic mass is 10.2. The summed E-state index contributed by atoms with van der Waals surface area (Å²) in [6.45, 7) is 4.27. The molecular formula is C21H26Cl2N3O2+. The average molecular weight is 423 g/mol.